The standard InChI is InChI=1S/C22H18N8/c23-7-3-15-13-22(14-15,6-8-24)30-11-5-18(29-30)21-16-2-1-9-25-19(16)12-20(27-21)17-4-10-26-28-17/h1-2,4-5,9-12,15H,3,6,13-14H2,(H,26,28)/t15-,22+. The molecular weight excluding hydrogens is 376 g/mol. The molecule has 1 N–H and O–H groups in total. The predicted molar refractivity (Wildman–Crippen MR) is 109 cm³/mol. The average molecular weight is 394 g/mol. The number of rotatable bonds is 5. The molecule has 0 amide bonds. The molecule has 1 fully saturated rings. The lowest BCUT2D eigenvalue weighted by molar-refractivity contribution is 0.0601. The molecule has 1 aliphatic rings. The van der Waals surface area contributed by atoms with Gasteiger partial charge in [0.2, 0.25) is 0 Å². The van der Waals surface area contributed by atoms with Gasteiger partial charge in [-0.15, -0.1) is 0 Å². The number of pyridine rings is 2. The minimum atomic E-state index is -0.344. The largest absolute Gasteiger partial charge is 0.276 e. The first-order chi connectivity index (χ1) is 14.7. The average Bonchev–Trinajstić information content (AvgIpc) is 3.44. The fourth-order valence-corrected chi connectivity index (χ4v) is 4.37. The van der Waals surface area contributed by atoms with E-state index in [1.54, 1.807) is 12.4 Å². The zero-order valence-corrected chi connectivity index (χ0v) is 16.2. The van der Waals surface area contributed by atoms with Gasteiger partial charge in [0.15, 0.2) is 0 Å². The van der Waals surface area contributed by atoms with Crippen LogP contribution in [-0.4, -0.2) is 29.9 Å². The van der Waals surface area contributed by atoms with E-state index in [0.29, 0.717) is 18.8 Å². The molecule has 0 radical (unpaired) electrons. The van der Waals surface area contributed by atoms with Crippen molar-refractivity contribution in [3.63, 3.8) is 0 Å². The molecule has 30 heavy (non-hydrogen) atoms. The smallest absolute Gasteiger partial charge is 0.111 e. The Bertz CT molecular complexity index is 1280. The molecule has 0 unspecified atom stereocenters. The Labute approximate surface area is 172 Å². The number of fused-ring (bicyclic) bond motifs is 1. The van der Waals surface area contributed by atoms with Crippen molar-refractivity contribution in [3.05, 3.63) is 48.9 Å². The maximum absolute atomic E-state index is 9.37. The van der Waals surface area contributed by atoms with Crippen LogP contribution in [-0.2, 0) is 5.54 Å². The minimum Gasteiger partial charge on any atom is -0.276 e. The number of hydrogen-bond donors (Lipinski definition) is 1. The second-order valence-corrected chi connectivity index (χ2v) is 7.74. The highest BCUT2D eigenvalue weighted by Crippen LogP contribution is 2.47. The Morgan fingerprint density at radius 2 is 2.03 bits per heavy atom. The van der Waals surface area contributed by atoms with Crippen LogP contribution in [0.2, 0.25) is 0 Å². The van der Waals surface area contributed by atoms with E-state index in [-0.39, 0.29) is 5.54 Å². The monoisotopic (exact) mass is 394 g/mol. The van der Waals surface area contributed by atoms with Gasteiger partial charge in [-0.3, -0.25) is 14.8 Å². The van der Waals surface area contributed by atoms with E-state index in [1.165, 1.54) is 0 Å². The number of aromatic nitrogens is 6. The lowest BCUT2D eigenvalue weighted by Gasteiger charge is -2.46. The second-order valence-electron chi connectivity index (χ2n) is 7.74. The minimum absolute atomic E-state index is 0.322. The number of nitrogens with zero attached hydrogens (tertiary/aromatic N) is 7. The van der Waals surface area contributed by atoms with Gasteiger partial charge in [0.25, 0.3) is 0 Å². The van der Waals surface area contributed by atoms with Crippen LogP contribution in [0.4, 0.5) is 0 Å². The summed E-state index contributed by atoms with van der Waals surface area (Å²) in [6.45, 7) is 0. The van der Waals surface area contributed by atoms with Gasteiger partial charge in [-0.2, -0.15) is 20.7 Å². The third-order valence-electron chi connectivity index (χ3n) is 5.82. The summed E-state index contributed by atoms with van der Waals surface area (Å²) in [5.74, 6) is 0.322. The third-order valence-corrected chi connectivity index (χ3v) is 5.82. The first kappa shape index (κ1) is 18.0. The Kier molecular flexibility index (Phi) is 4.26. The fourth-order valence-electron chi connectivity index (χ4n) is 4.37. The summed E-state index contributed by atoms with van der Waals surface area (Å²) < 4.78 is 1.90. The van der Waals surface area contributed by atoms with Crippen LogP contribution in [0, 0.1) is 28.6 Å². The molecular formula is C22H18N8. The Morgan fingerprint density at radius 3 is 2.80 bits per heavy atom. The molecule has 1 aliphatic carbocycles. The Balaban J connectivity index is 1.58. The molecule has 0 saturated heterocycles. The van der Waals surface area contributed by atoms with Crippen molar-refractivity contribution in [3.8, 4) is 34.9 Å². The van der Waals surface area contributed by atoms with Crippen molar-refractivity contribution < 1.29 is 0 Å². The van der Waals surface area contributed by atoms with Crippen LogP contribution in [0.1, 0.15) is 25.7 Å². The predicted octanol–water partition coefficient (Wildman–Crippen LogP) is 3.82. The van der Waals surface area contributed by atoms with Crippen molar-refractivity contribution >= 4 is 10.9 Å². The fraction of sp³-hybridized carbons (Fsp3) is 0.273. The zero-order valence-electron chi connectivity index (χ0n) is 16.2. The molecule has 5 rings (SSSR count). The number of hydrogen-bond acceptors (Lipinski definition) is 6. The maximum Gasteiger partial charge on any atom is 0.111 e. The summed E-state index contributed by atoms with van der Waals surface area (Å²) in [6, 6.07) is 14.1. The number of nitrogens with one attached hydrogen (secondary N) is 1. The van der Waals surface area contributed by atoms with Crippen molar-refractivity contribution in [2.45, 2.75) is 31.2 Å². The van der Waals surface area contributed by atoms with Crippen LogP contribution < -0.4 is 0 Å². The summed E-state index contributed by atoms with van der Waals surface area (Å²) in [4.78, 5) is 9.35. The summed E-state index contributed by atoms with van der Waals surface area (Å²) in [5.41, 5.74) is 3.50. The van der Waals surface area contributed by atoms with E-state index in [4.69, 9.17) is 15.3 Å². The van der Waals surface area contributed by atoms with E-state index in [0.717, 1.165) is 46.5 Å². The van der Waals surface area contributed by atoms with Crippen LogP contribution in [0.25, 0.3) is 33.7 Å². The molecule has 8 nitrogen and oxygen atoms in total. The van der Waals surface area contributed by atoms with Crippen molar-refractivity contribution in [1.29, 1.82) is 10.5 Å². The molecule has 0 atom stereocenters. The topological polar surface area (TPSA) is 120 Å². The van der Waals surface area contributed by atoms with E-state index in [2.05, 4.69) is 27.3 Å². The number of H-pyrrole nitrogens is 1. The highest BCUT2D eigenvalue weighted by Gasteiger charge is 2.46. The van der Waals surface area contributed by atoms with E-state index < -0.39 is 0 Å². The lowest BCUT2D eigenvalue weighted by Crippen LogP contribution is -2.46. The molecule has 4 aromatic heterocycles. The molecule has 0 spiro atoms. The summed E-state index contributed by atoms with van der Waals surface area (Å²) in [6.07, 6.45) is 7.84. The first-order valence-electron chi connectivity index (χ1n) is 9.78. The quantitative estimate of drug-likeness (QED) is 0.549. The van der Waals surface area contributed by atoms with Crippen molar-refractivity contribution in [2.75, 3.05) is 0 Å². The lowest BCUT2D eigenvalue weighted by atomic mass is 9.66. The zero-order chi connectivity index (χ0) is 20.6. The molecule has 1 saturated carbocycles. The summed E-state index contributed by atoms with van der Waals surface area (Å²) in [5, 5.41) is 31.0. The third kappa shape index (κ3) is 2.90. The normalized spacial score (nSPS) is 20.4. The molecule has 0 aliphatic heterocycles. The van der Waals surface area contributed by atoms with Crippen LogP contribution in [0.3, 0.4) is 0 Å². The maximum atomic E-state index is 9.37. The van der Waals surface area contributed by atoms with Crippen molar-refractivity contribution in [1.82, 2.24) is 29.9 Å². The molecule has 0 aromatic carbocycles. The van der Waals surface area contributed by atoms with E-state index in [1.807, 2.05) is 41.2 Å². The van der Waals surface area contributed by atoms with E-state index >= 15 is 0 Å². The van der Waals surface area contributed by atoms with Crippen LogP contribution in [0.5, 0.6) is 0 Å². The van der Waals surface area contributed by atoms with Gasteiger partial charge >= 0.3 is 0 Å². The SMILES string of the molecule is N#CC[C@H]1C[C@@](CC#N)(n2ccc(-c3nc(-c4ccn[nH]4)cc4ncccc34)n2)C1. The van der Waals surface area contributed by atoms with Gasteiger partial charge in [-0.25, -0.2) is 4.98 Å². The number of aromatic amines is 1. The molecule has 4 heterocycles. The molecule has 0 bridgehead atoms. The van der Waals surface area contributed by atoms with Gasteiger partial charge in [0, 0.05) is 30.4 Å². The van der Waals surface area contributed by atoms with Gasteiger partial charge in [0.1, 0.15) is 11.4 Å². The molecule has 4 aromatic rings. The second kappa shape index (κ2) is 7.09. The summed E-state index contributed by atoms with van der Waals surface area (Å²) >= 11 is 0. The van der Waals surface area contributed by atoms with Crippen molar-refractivity contribution in [2.24, 2.45) is 5.92 Å². The Morgan fingerprint density at radius 1 is 1.13 bits per heavy atom. The highest BCUT2D eigenvalue weighted by molar-refractivity contribution is 5.93. The van der Waals surface area contributed by atoms with Gasteiger partial charge in [-0.05, 0) is 49.1 Å². The summed E-state index contributed by atoms with van der Waals surface area (Å²) in [7, 11) is 0. The number of nitriles is 2. The van der Waals surface area contributed by atoms with Gasteiger partial charge < -0.3 is 0 Å². The molecule has 8 heteroatoms. The highest BCUT2D eigenvalue weighted by atomic mass is 15.3. The first-order valence-corrected chi connectivity index (χ1v) is 9.78. The van der Waals surface area contributed by atoms with Crippen LogP contribution >= 0.6 is 0 Å². The van der Waals surface area contributed by atoms with Gasteiger partial charge in [-0.1, -0.05) is 0 Å². The van der Waals surface area contributed by atoms with E-state index in [9.17, 15) is 5.26 Å². The van der Waals surface area contributed by atoms with Crippen LogP contribution in [0.15, 0.2) is 48.9 Å². The Hall–Kier alpha value is -4.04. The van der Waals surface area contributed by atoms with Gasteiger partial charge in [0.05, 0.1) is 41.0 Å². The molecule has 146 valence electrons.